The second-order valence-corrected chi connectivity index (χ2v) is 3.83. The zero-order valence-corrected chi connectivity index (χ0v) is 10.7. The Labute approximate surface area is 106 Å². The maximum absolute atomic E-state index is 10.8. The number of methoxy groups -OCH3 is 1. The number of nitrogens with zero attached hydrogens (tertiary/aromatic N) is 1. The molecular formula is C12H19N3O3. The van der Waals surface area contributed by atoms with Gasteiger partial charge < -0.3 is 15.4 Å². The molecule has 6 nitrogen and oxygen atoms in total. The molecule has 0 amide bonds. The van der Waals surface area contributed by atoms with Gasteiger partial charge in [-0.3, -0.25) is 10.1 Å². The van der Waals surface area contributed by atoms with Gasteiger partial charge in [0.1, 0.15) is 0 Å². The van der Waals surface area contributed by atoms with Crippen LogP contribution in [0.15, 0.2) is 18.2 Å². The first-order valence-corrected chi connectivity index (χ1v) is 5.93. The van der Waals surface area contributed by atoms with E-state index in [1.165, 1.54) is 12.1 Å². The summed E-state index contributed by atoms with van der Waals surface area (Å²) < 4.78 is 4.94. The van der Waals surface area contributed by atoms with Crippen LogP contribution < -0.4 is 10.6 Å². The monoisotopic (exact) mass is 253 g/mol. The molecule has 6 heteroatoms. The van der Waals surface area contributed by atoms with E-state index in [1.807, 2.05) is 13.0 Å². The summed E-state index contributed by atoms with van der Waals surface area (Å²) in [7, 11) is 1.65. The molecule has 1 aromatic carbocycles. The first-order valence-electron chi connectivity index (χ1n) is 5.93. The number of rotatable bonds is 8. The van der Waals surface area contributed by atoms with E-state index in [-0.39, 0.29) is 10.6 Å². The fourth-order valence-corrected chi connectivity index (χ4v) is 1.57. The van der Waals surface area contributed by atoms with E-state index in [0.29, 0.717) is 6.61 Å². The summed E-state index contributed by atoms with van der Waals surface area (Å²) in [4.78, 5) is 10.4. The van der Waals surface area contributed by atoms with Gasteiger partial charge >= 0.3 is 0 Å². The lowest BCUT2D eigenvalue weighted by molar-refractivity contribution is -0.384. The largest absolute Gasteiger partial charge is 0.385 e. The van der Waals surface area contributed by atoms with Gasteiger partial charge in [0, 0.05) is 50.3 Å². The summed E-state index contributed by atoms with van der Waals surface area (Å²) in [5, 5.41) is 17.0. The van der Waals surface area contributed by atoms with Gasteiger partial charge in [0.15, 0.2) is 0 Å². The standard InChI is InChI=1S/C12H19N3O3/c1-3-13-10-7-11(14-5-4-6-18-2)9-12(8-10)15(16)17/h7-9,13-14H,3-6H2,1-2H3. The number of nitro benzene ring substituents is 1. The Morgan fingerprint density at radius 2 is 1.94 bits per heavy atom. The molecule has 0 aliphatic heterocycles. The topological polar surface area (TPSA) is 76.4 Å². The number of hydrogen-bond acceptors (Lipinski definition) is 5. The van der Waals surface area contributed by atoms with Crippen molar-refractivity contribution in [3.05, 3.63) is 28.3 Å². The Morgan fingerprint density at radius 1 is 1.28 bits per heavy atom. The van der Waals surface area contributed by atoms with Crippen LogP contribution in [0.1, 0.15) is 13.3 Å². The van der Waals surface area contributed by atoms with Crippen LogP contribution in [0.5, 0.6) is 0 Å². The number of anilines is 2. The molecule has 2 N–H and O–H groups in total. The molecule has 0 atom stereocenters. The number of nitro groups is 1. The lowest BCUT2D eigenvalue weighted by Crippen LogP contribution is -2.06. The van der Waals surface area contributed by atoms with Crippen LogP contribution in [0.3, 0.4) is 0 Å². The van der Waals surface area contributed by atoms with Gasteiger partial charge in [0.05, 0.1) is 4.92 Å². The van der Waals surface area contributed by atoms with Crippen molar-refractivity contribution in [2.45, 2.75) is 13.3 Å². The van der Waals surface area contributed by atoms with Crippen molar-refractivity contribution in [2.24, 2.45) is 0 Å². The number of hydrogen-bond donors (Lipinski definition) is 2. The lowest BCUT2D eigenvalue weighted by Gasteiger charge is -2.09. The Hall–Kier alpha value is -1.82. The molecule has 0 bridgehead atoms. The van der Waals surface area contributed by atoms with Crippen molar-refractivity contribution in [3.8, 4) is 0 Å². The van der Waals surface area contributed by atoms with Crippen LogP contribution in [0, 0.1) is 10.1 Å². The highest BCUT2D eigenvalue weighted by Crippen LogP contribution is 2.24. The number of nitrogens with one attached hydrogen (secondary N) is 2. The van der Waals surface area contributed by atoms with Crippen molar-refractivity contribution in [3.63, 3.8) is 0 Å². The fourth-order valence-electron chi connectivity index (χ4n) is 1.57. The quantitative estimate of drug-likeness (QED) is 0.423. The van der Waals surface area contributed by atoms with Gasteiger partial charge in [-0.25, -0.2) is 0 Å². The van der Waals surface area contributed by atoms with Gasteiger partial charge in [-0.1, -0.05) is 0 Å². The molecule has 0 saturated heterocycles. The highest BCUT2D eigenvalue weighted by molar-refractivity contribution is 5.63. The molecule has 0 spiro atoms. The van der Waals surface area contributed by atoms with Crippen LogP contribution in [0.25, 0.3) is 0 Å². The minimum absolute atomic E-state index is 0.0858. The maximum atomic E-state index is 10.8. The number of benzene rings is 1. The molecule has 0 heterocycles. The Morgan fingerprint density at radius 3 is 2.50 bits per heavy atom. The molecule has 0 unspecified atom stereocenters. The molecule has 0 aliphatic rings. The second-order valence-electron chi connectivity index (χ2n) is 3.83. The lowest BCUT2D eigenvalue weighted by atomic mass is 10.2. The second kappa shape index (κ2) is 7.50. The third-order valence-electron chi connectivity index (χ3n) is 2.36. The fraction of sp³-hybridized carbons (Fsp3) is 0.500. The van der Waals surface area contributed by atoms with Crippen molar-refractivity contribution in [1.82, 2.24) is 0 Å². The van der Waals surface area contributed by atoms with E-state index in [9.17, 15) is 10.1 Å². The predicted octanol–water partition coefficient (Wildman–Crippen LogP) is 2.48. The Bertz CT molecular complexity index is 396. The van der Waals surface area contributed by atoms with E-state index < -0.39 is 0 Å². The van der Waals surface area contributed by atoms with E-state index in [0.717, 1.165) is 30.9 Å². The number of non-ortho nitro benzene ring substituents is 1. The highest BCUT2D eigenvalue weighted by atomic mass is 16.6. The van der Waals surface area contributed by atoms with E-state index in [1.54, 1.807) is 7.11 Å². The summed E-state index contributed by atoms with van der Waals surface area (Å²) in [6.45, 7) is 4.07. The molecule has 0 fully saturated rings. The van der Waals surface area contributed by atoms with E-state index in [2.05, 4.69) is 10.6 Å². The van der Waals surface area contributed by atoms with Gasteiger partial charge in [-0.2, -0.15) is 0 Å². The highest BCUT2D eigenvalue weighted by Gasteiger charge is 2.09. The van der Waals surface area contributed by atoms with Crippen LogP contribution in [-0.4, -0.2) is 31.7 Å². The number of ether oxygens (including phenoxy) is 1. The van der Waals surface area contributed by atoms with Gasteiger partial charge in [0.25, 0.3) is 5.69 Å². The molecule has 18 heavy (non-hydrogen) atoms. The zero-order chi connectivity index (χ0) is 13.4. The smallest absolute Gasteiger partial charge is 0.273 e. The van der Waals surface area contributed by atoms with Crippen molar-refractivity contribution in [2.75, 3.05) is 37.4 Å². The third-order valence-corrected chi connectivity index (χ3v) is 2.36. The molecule has 0 aliphatic carbocycles. The normalized spacial score (nSPS) is 10.1. The summed E-state index contributed by atoms with van der Waals surface area (Å²) in [5.74, 6) is 0. The molecule has 1 aromatic rings. The van der Waals surface area contributed by atoms with Crippen molar-refractivity contribution in [1.29, 1.82) is 0 Å². The van der Waals surface area contributed by atoms with E-state index in [4.69, 9.17) is 4.74 Å². The average molecular weight is 253 g/mol. The van der Waals surface area contributed by atoms with Gasteiger partial charge in [-0.05, 0) is 19.4 Å². The SMILES string of the molecule is CCNc1cc(NCCCOC)cc([N+](=O)[O-])c1. The predicted molar refractivity (Wildman–Crippen MR) is 72.2 cm³/mol. The first-order chi connectivity index (χ1) is 8.67. The minimum atomic E-state index is -0.388. The maximum Gasteiger partial charge on any atom is 0.273 e. The van der Waals surface area contributed by atoms with Crippen LogP contribution in [0.4, 0.5) is 17.1 Å². The van der Waals surface area contributed by atoms with Crippen LogP contribution in [-0.2, 0) is 4.74 Å². The zero-order valence-electron chi connectivity index (χ0n) is 10.7. The van der Waals surface area contributed by atoms with E-state index >= 15 is 0 Å². The first kappa shape index (κ1) is 14.2. The molecule has 100 valence electrons. The average Bonchev–Trinajstić information content (AvgIpc) is 2.35. The van der Waals surface area contributed by atoms with Crippen molar-refractivity contribution >= 4 is 17.1 Å². The molecule has 0 radical (unpaired) electrons. The molecule has 1 rings (SSSR count). The molecular weight excluding hydrogens is 234 g/mol. The van der Waals surface area contributed by atoms with Crippen LogP contribution in [0.2, 0.25) is 0 Å². The minimum Gasteiger partial charge on any atom is -0.385 e. The van der Waals surface area contributed by atoms with Gasteiger partial charge in [0.2, 0.25) is 0 Å². The van der Waals surface area contributed by atoms with Crippen molar-refractivity contribution < 1.29 is 9.66 Å². The Kier molecular flexibility index (Phi) is 5.93. The summed E-state index contributed by atoms with van der Waals surface area (Å²) in [6, 6.07) is 4.93. The third kappa shape index (κ3) is 4.58. The van der Waals surface area contributed by atoms with Gasteiger partial charge in [-0.15, -0.1) is 0 Å². The summed E-state index contributed by atoms with van der Waals surface area (Å²) in [6.07, 6.45) is 0.857. The molecule has 0 aromatic heterocycles. The molecule has 0 saturated carbocycles. The summed E-state index contributed by atoms with van der Waals surface area (Å²) >= 11 is 0. The Balaban J connectivity index is 2.72. The summed E-state index contributed by atoms with van der Waals surface area (Å²) in [5.41, 5.74) is 1.58. The van der Waals surface area contributed by atoms with Crippen LogP contribution >= 0.6 is 0 Å².